The van der Waals surface area contributed by atoms with Gasteiger partial charge in [0.2, 0.25) is 0 Å². The van der Waals surface area contributed by atoms with Crippen LogP contribution in [0.4, 0.5) is 5.69 Å². The minimum atomic E-state index is -3.51. The third-order valence-electron chi connectivity index (χ3n) is 4.08. The molecule has 2 rings (SSSR count). The van der Waals surface area contributed by atoms with E-state index in [0.29, 0.717) is 11.7 Å². The molecule has 1 saturated heterocycles. The number of aliphatic imine (C=N–C) groups is 1. The van der Waals surface area contributed by atoms with E-state index in [4.69, 9.17) is 11.5 Å². The maximum absolute atomic E-state index is 12.2. The molecule has 0 atom stereocenters. The predicted molar refractivity (Wildman–Crippen MR) is 94.0 cm³/mol. The van der Waals surface area contributed by atoms with Gasteiger partial charge in [-0.3, -0.25) is 4.79 Å². The second-order valence-corrected chi connectivity index (χ2v) is 7.83. The van der Waals surface area contributed by atoms with E-state index in [9.17, 15) is 13.2 Å². The Morgan fingerprint density at radius 1 is 1.29 bits per heavy atom. The summed E-state index contributed by atoms with van der Waals surface area (Å²) in [4.78, 5) is 17.5. The molecule has 0 spiro atoms. The highest BCUT2D eigenvalue weighted by atomic mass is 32.2. The Morgan fingerprint density at radius 3 is 2.42 bits per heavy atom. The topological polar surface area (TPSA) is 131 Å². The van der Waals surface area contributed by atoms with E-state index in [1.54, 1.807) is 12.1 Å². The first kappa shape index (κ1) is 18.2. The maximum atomic E-state index is 12.2. The third-order valence-corrected chi connectivity index (χ3v) is 5.21. The van der Waals surface area contributed by atoms with Gasteiger partial charge in [0.15, 0.2) is 15.8 Å². The molecule has 1 aliphatic rings. The minimum Gasteiger partial charge on any atom is -0.370 e. The molecule has 1 amide bonds. The van der Waals surface area contributed by atoms with Crippen molar-refractivity contribution in [1.29, 1.82) is 0 Å². The molecule has 1 aliphatic heterocycles. The Morgan fingerprint density at radius 2 is 1.92 bits per heavy atom. The summed E-state index contributed by atoms with van der Waals surface area (Å²) in [5, 5.41) is 3.24. The van der Waals surface area contributed by atoms with Crippen LogP contribution in [0, 0.1) is 0 Å². The van der Waals surface area contributed by atoms with Crippen LogP contribution in [0.5, 0.6) is 0 Å². The van der Waals surface area contributed by atoms with Gasteiger partial charge < -0.3 is 21.7 Å². The van der Waals surface area contributed by atoms with Crippen LogP contribution < -0.4 is 21.7 Å². The first-order valence-electron chi connectivity index (χ1n) is 7.62. The summed E-state index contributed by atoms with van der Waals surface area (Å²) in [7, 11) is -1.58. The number of anilines is 1. The first-order chi connectivity index (χ1) is 11.2. The summed E-state index contributed by atoms with van der Waals surface area (Å²) in [5.74, 6) is -1.03. The summed E-state index contributed by atoms with van der Waals surface area (Å²) < 4.78 is 24.4. The molecule has 5 N–H and O–H groups in total. The summed E-state index contributed by atoms with van der Waals surface area (Å²) >= 11 is 0. The van der Waals surface area contributed by atoms with Crippen LogP contribution in [-0.4, -0.2) is 52.7 Å². The van der Waals surface area contributed by atoms with Gasteiger partial charge >= 0.3 is 0 Å². The van der Waals surface area contributed by atoms with Gasteiger partial charge in [0.05, 0.1) is 10.6 Å². The van der Waals surface area contributed by atoms with E-state index in [0.717, 1.165) is 32.2 Å². The first-order valence-corrected chi connectivity index (χ1v) is 9.52. The van der Waals surface area contributed by atoms with Crippen molar-refractivity contribution in [3.05, 3.63) is 23.8 Å². The fraction of sp³-hybridized carbons (Fsp3) is 0.467. The lowest BCUT2D eigenvalue weighted by Gasteiger charge is -2.34. The molecular formula is C15H23N5O3S. The molecule has 0 aromatic heterocycles. The molecule has 1 aromatic carbocycles. The second kappa shape index (κ2) is 7.18. The van der Waals surface area contributed by atoms with Gasteiger partial charge in [0.1, 0.15) is 0 Å². The van der Waals surface area contributed by atoms with E-state index in [-0.39, 0.29) is 16.4 Å². The van der Waals surface area contributed by atoms with Crippen molar-refractivity contribution < 1.29 is 13.2 Å². The normalized spacial score (nSPS) is 16.0. The summed E-state index contributed by atoms with van der Waals surface area (Å²) in [6.07, 6.45) is 2.98. The molecule has 1 heterocycles. The highest BCUT2D eigenvalue weighted by Gasteiger charge is 2.24. The van der Waals surface area contributed by atoms with Crippen molar-refractivity contribution in [1.82, 2.24) is 5.32 Å². The number of rotatable bonds is 4. The van der Waals surface area contributed by atoms with Gasteiger partial charge in [-0.2, -0.15) is 4.99 Å². The Bertz CT molecular complexity index is 748. The Balaban J connectivity index is 2.39. The van der Waals surface area contributed by atoms with Gasteiger partial charge in [-0.1, -0.05) is 0 Å². The smallest absolute Gasteiger partial charge is 0.280 e. The largest absolute Gasteiger partial charge is 0.370 e. The number of nitrogens with zero attached hydrogens (tertiary/aromatic N) is 2. The summed E-state index contributed by atoms with van der Waals surface area (Å²) in [5.41, 5.74) is 11.1. The van der Waals surface area contributed by atoms with Crippen molar-refractivity contribution in [2.24, 2.45) is 16.5 Å². The standard InChI is InChI=1S/C15H23N5O3S/c1-18-11-5-7-20(8-6-11)12-4-3-10(14(21)19-15(16)17)9-13(12)24(2,22)23/h3-4,9,11,18H,5-8H2,1-2H3,(H4,16,17,19,21). The number of hydrogen-bond acceptors (Lipinski definition) is 5. The van der Waals surface area contributed by atoms with Gasteiger partial charge in [-0.15, -0.1) is 0 Å². The van der Waals surface area contributed by atoms with Crippen molar-refractivity contribution in [2.45, 2.75) is 23.8 Å². The molecule has 1 fully saturated rings. The van der Waals surface area contributed by atoms with E-state index in [1.165, 1.54) is 6.07 Å². The van der Waals surface area contributed by atoms with Crippen molar-refractivity contribution >= 4 is 27.4 Å². The number of sulfone groups is 1. The van der Waals surface area contributed by atoms with Crippen LogP contribution in [-0.2, 0) is 9.84 Å². The van der Waals surface area contributed by atoms with Crippen molar-refractivity contribution in [3.8, 4) is 0 Å². The van der Waals surface area contributed by atoms with Crippen LogP contribution in [0.1, 0.15) is 23.2 Å². The number of carbonyl (C=O) groups excluding carboxylic acids is 1. The molecular weight excluding hydrogens is 330 g/mol. The van der Waals surface area contributed by atoms with Gasteiger partial charge in [0.25, 0.3) is 5.91 Å². The highest BCUT2D eigenvalue weighted by molar-refractivity contribution is 7.90. The van der Waals surface area contributed by atoms with E-state index in [2.05, 4.69) is 10.3 Å². The molecule has 1 aromatic rings. The highest BCUT2D eigenvalue weighted by Crippen LogP contribution is 2.29. The quantitative estimate of drug-likeness (QED) is 0.500. The lowest BCUT2D eigenvalue weighted by Crippen LogP contribution is -2.41. The van der Waals surface area contributed by atoms with Crippen LogP contribution in [0.15, 0.2) is 28.1 Å². The molecule has 8 nitrogen and oxygen atoms in total. The number of nitrogens with two attached hydrogens (primary N) is 2. The number of piperidine rings is 1. The maximum Gasteiger partial charge on any atom is 0.280 e. The zero-order chi connectivity index (χ0) is 17.9. The summed E-state index contributed by atoms with van der Waals surface area (Å²) in [6.45, 7) is 1.49. The predicted octanol–water partition coefficient (Wildman–Crippen LogP) is -0.308. The average Bonchev–Trinajstić information content (AvgIpc) is 2.53. The van der Waals surface area contributed by atoms with Crippen molar-refractivity contribution in [3.63, 3.8) is 0 Å². The molecule has 0 saturated carbocycles. The zero-order valence-corrected chi connectivity index (χ0v) is 14.6. The fourth-order valence-electron chi connectivity index (χ4n) is 2.80. The third kappa shape index (κ3) is 4.24. The number of benzene rings is 1. The molecule has 24 heavy (non-hydrogen) atoms. The van der Waals surface area contributed by atoms with Gasteiger partial charge in [0, 0.05) is 31.0 Å². The fourth-order valence-corrected chi connectivity index (χ4v) is 3.71. The van der Waals surface area contributed by atoms with Crippen LogP contribution in [0.25, 0.3) is 0 Å². The molecule has 0 unspecified atom stereocenters. The number of amides is 1. The van der Waals surface area contributed by atoms with E-state index < -0.39 is 15.7 Å². The SMILES string of the molecule is CNC1CCN(c2ccc(C(=O)N=C(N)N)cc2S(C)(=O)=O)CC1. The molecule has 9 heteroatoms. The number of carbonyl (C=O) groups is 1. The molecule has 0 bridgehead atoms. The monoisotopic (exact) mass is 353 g/mol. The average molecular weight is 353 g/mol. The minimum absolute atomic E-state index is 0.113. The van der Waals surface area contributed by atoms with Crippen LogP contribution in [0.2, 0.25) is 0 Å². The number of guanidine groups is 1. The second-order valence-electron chi connectivity index (χ2n) is 5.85. The molecule has 0 aliphatic carbocycles. The molecule has 132 valence electrons. The van der Waals surface area contributed by atoms with Crippen LogP contribution in [0.3, 0.4) is 0 Å². The van der Waals surface area contributed by atoms with Crippen LogP contribution >= 0.6 is 0 Å². The molecule has 0 radical (unpaired) electrons. The Kier molecular flexibility index (Phi) is 5.45. The van der Waals surface area contributed by atoms with Crippen molar-refractivity contribution in [2.75, 3.05) is 31.3 Å². The number of nitrogens with one attached hydrogen (secondary N) is 1. The van der Waals surface area contributed by atoms with Gasteiger partial charge in [-0.05, 0) is 38.1 Å². The van der Waals surface area contributed by atoms with Gasteiger partial charge in [-0.25, -0.2) is 8.42 Å². The summed E-state index contributed by atoms with van der Waals surface area (Å²) in [6, 6.07) is 4.96. The number of hydrogen-bond donors (Lipinski definition) is 3. The Labute approximate surface area is 141 Å². The lowest BCUT2D eigenvalue weighted by atomic mass is 10.0. The zero-order valence-electron chi connectivity index (χ0n) is 13.8. The Hall–Kier alpha value is -2.13. The van der Waals surface area contributed by atoms with E-state index in [1.807, 2.05) is 11.9 Å². The lowest BCUT2D eigenvalue weighted by molar-refractivity contribution is 0.100. The van der Waals surface area contributed by atoms with E-state index >= 15 is 0 Å².